The van der Waals surface area contributed by atoms with E-state index in [1.165, 1.54) is 26.0 Å². The van der Waals surface area contributed by atoms with Crippen molar-refractivity contribution in [2.24, 2.45) is 0 Å². The van der Waals surface area contributed by atoms with E-state index in [-0.39, 0.29) is 5.56 Å². The summed E-state index contributed by atoms with van der Waals surface area (Å²) < 4.78 is 36.1. The van der Waals surface area contributed by atoms with E-state index in [0.717, 1.165) is 6.07 Å². The molecule has 0 saturated carbocycles. The van der Waals surface area contributed by atoms with E-state index in [2.05, 4.69) is 0 Å². The maximum absolute atomic E-state index is 12.0. The predicted molar refractivity (Wildman–Crippen MR) is 47.5 cm³/mol. The number of benzene rings is 1. The van der Waals surface area contributed by atoms with Crippen LogP contribution < -0.4 is 0 Å². The minimum Gasteiger partial charge on any atom is -0.199 e. The molecule has 0 atom stereocenters. The zero-order valence-corrected chi connectivity index (χ0v) is 7.89. The van der Waals surface area contributed by atoms with Crippen LogP contribution in [0.3, 0.4) is 0 Å². The Labute approximate surface area is 80.8 Å². The highest BCUT2D eigenvalue weighted by Crippen LogP contribution is 2.31. The minimum atomic E-state index is -4.22. The molecule has 0 aliphatic rings. The summed E-state index contributed by atoms with van der Waals surface area (Å²) in [5.41, 5.74) is -0.292. The lowest BCUT2D eigenvalue weighted by molar-refractivity contribution is -0.138. The van der Waals surface area contributed by atoms with Gasteiger partial charge in [0.2, 0.25) is 0 Å². The SMILES string of the molecule is CC#N.Cc1ccccc1C(F)(F)F. The first-order chi connectivity index (χ1) is 6.43. The predicted octanol–water partition coefficient (Wildman–Crippen LogP) is 3.54. The maximum Gasteiger partial charge on any atom is 0.416 e. The number of hydrogen-bond acceptors (Lipinski definition) is 1. The fraction of sp³-hybridized carbons (Fsp3) is 0.300. The molecule has 0 fully saturated rings. The van der Waals surface area contributed by atoms with Crippen LogP contribution in [0.1, 0.15) is 18.1 Å². The van der Waals surface area contributed by atoms with Gasteiger partial charge in [0, 0.05) is 6.92 Å². The van der Waals surface area contributed by atoms with E-state index in [4.69, 9.17) is 5.26 Å². The number of nitriles is 1. The van der Waals surface area contributed by atoms with Gasteiger partial charge in [-0.25, -0.2) is 0 Å². The number of alkyl halides is 3. The van der Waals surface area contributed by atoms with E-state index in [1.54, 1.807) is 12.1 Å². The van der Waals surface area contributed by atoms with Crippen molar-refractivity contribution in [3.63, 3.8) is 0 Å². The van der Waals surface area contributed by atoms with Crippen molar-refractivity contribution in [1.82, 2.24) is 0 Å². The van der Waals surface area contributed by atoms with Crippen molar-refractivity contribution < 1.29 is 13.2 Å². The third-order valence-corrected chi connectivity index (χ3v) is 1.45. The second-order valence-electron chi connectivity index (χ2n) is 2.54. The van der Waals surface area contributed by atoms with Gasteiger partial charge >= 0.3 is 6.18 Å². The standard InChI is InChI=1S/C8H7F3.C2H3N/c1-6-4-2-3-5-7(6)8(9,10)11;1-2-3/h2-5H,1H3;1H3. The summed E-state index contributed by atoms with van der Waals surface area (Å²) in [4.78, 5) is 0. The second kappa shape index (κ2) is 5.28. The highest BCUT2D eigenvalue weighted by molar-refractivity contribution is 5.27. The summed E-state index contributed by atoms with van der Waals surface area (Å²) in [6.45, 7) is 2.88. The molecule has 1 aromatic rings. The van der Waals surface area contributed by atoms with Crippen LogP contribution >= 0.6 is 0 Å². The van der Waals surface area contributed by atoms with Crippen molar-refractivity contribution in [3.8, 4) is 6.07 Å². The van der Waals surface area contributed by atoms with Crippen LogP contribution in [0.15, 0.2) is 24.3 Å². The molecule has 0 saturated heterocycles. The van der Waals surface area contributed by atoms with Gasteiger partial charge in [-0.3, -0.25) is 0 Å². The Bertz CT molecular complexity index is 323. The van der Waals surface area contributed by atoms with Crippen molar-refractivity contribution in [2.45, 2.75) is 20.0 Å². The Kier molecular flexibility index (Phi) is 4.71. The largest absolute Gasteiger partial charge is 0.416 e. The Morgan fingerprint density at radius 3 is 1.93 bits per heavy atom. The van der Waals surface area contributed by atoms with Gasteiger partial charge in [0.25, 0.3) is 0 Å². The molecular weight excluding hydrogens is 191 g/mol. The van der Waals surface area contributed by atoms with Crippen molar-refractivity contribution in [3.05, 3.63) is 35.4 Å². The third kappa shape index (κ3) is 3.94. The van der Waals surface area contributed by atoms with Crippen LogP contribution in [-0.4, -0.2) is 0 Å². The van der Waals surface area contributed by atoms with Gasteiger partial charge in [0.1, 0.15) is 0 Å². The fourth-order valence-corrected chi connectivity index (χ4v) is 0.891. The van der Waals surface area contributed by atoms with E-state index in [0.29, 0.717) is 0 Å². The van der Waals surface area contributed by atoms with Crippen LogP contribution in [0.2, 0.25) is 0 Å². The first-order valence-corrected chi connectivity index (χ1v) is 3.87. The van der Waals surface area contributed by atoms with Crippen LogP contribution in [0.4, 0.5) is 13.2 Å². The number of nitrogens with zero attached hydrogens (tertiary/aromatic N) is 1. The summed E-state index contributed by atoms with van der Waals surface area (Å²) in [6.07, 6.45) is -4.22. The maximum atomic E-state index is 12.0. The molecule has 14 heavy (non-hydrogen) atoms. The molecule has 0 amide bonds. The van der Waals surface area contributed by atoms with Crippen molar-refractivity contribution in [1.29, 1.82) is 5.26 Å². The molecule has 0 bridgehead atoms. The van der Waals surface area contributed by atoms with Gasteiger partial charge in [-0.15, -0.1) is 0 Å². The Balaban J connectivity index is 0.000000500. The molecule has 1 nitrogen and oxygen atoms in total. The minimum absolute atomic E-state index is 0.264. The zero-order valence-electron chi connectivity index (χ0n) is 7.89. The third-order valence-electron chi connectivity index (χ3n) is 1.45. The lowest BCUT2D eigenvalue weighted by Gasteiger charge is -2.08. The average Bonchev–Trinajstić information content (AvgIpc) is 2.04. The zero-order chi connectivity index (χ0) is 11.2. The molecule has 0 N–H and O–H groups in total. The normalized spacial score (nSPS) is 9.71. The van der Waals surface area contributed by atoms with Crippen LogP contribution in [-0.2, 0) is 6.18 Å². The number of halogens is 3. The quantitative estimate of drug-likeness (QED) is 0.629. The molecule has 0 heterocycles. The van der Waals surface area contributed by atoms with Gasteiger partial charge in [-0.2, -0.15) is 18.4 Å². The first kappa shape index (κ1) is 12.5. The highest BCUT2D eigenvalue weighted by atomic mass is 19.4. The lowest BCUT2D eigenvalue weighted by atomic mass is 10.1. The van der Waals surface area contributed by atoms with Crippen LogP contribution in [0.25, 0.3) is 0 Å². The van der Waals surface area contributed by atoms with Gasteiger partial charge in [0.15, 0.2) is 0 Å². The molecular formula is C10H10F3N. The number of rotatable bonds is 0. The summed E-state index contributed by atoms with van der Waals surface area (Å²) in [6, 6.07) is 7.25. The molecule has 76 valence electrons. The second-order valence-corrected chi connectivity index (χ2v) is 2.54. The molecule has 1 aromatic carbocycles. The van der Waals surface area contributed by atoms with Crippen LogP contribution in [0, 0.1) is 18.3 Å². The monoisotopic (exact) mass is 201 g/mol. The Morgan fingerprint density at radius 1 is 1.21 bits per heavy atom. The first-order valence-electron chi connectivity index (χ1n) is 3.87. The lowest BCUT2D eigenvalue weighted by Crippen LogP contribution is -2.06. The molecule has 0 radical (unpaired) electrons. The van der Waals surface area contributed by atoms with Crippen molar-refractivity contribution in [2.75, 3.05) is 0 Å². The van der Waals surface area contributed by atoms with E-state index < -0.39 is 11.7 Å². The average molecular weight is 201 g/mol. The molecule has 0 spiro atoms. The van der Waals surface area contributed by atoms with E-state index in [9.17, 15) is 13.2 Å². The highest BCUT2D eigenvalue weighted by Gasteiger charge is 2.31. The molecule has 1 rings (SSSR count). The Hall–Kier alpha value is -1.50. The molecule has 0 unspecified atom stereocenters. The van der Waals surface area contributed by atoms with E-state index in [1.807, 2.05) is 0 Å². The summed E-state index contributed by atoms with van der Waals surface area (Å²) >= 11 is 0. The van der Waals surface area contributed by atoms with Gasteiger partial charge in [0.05, 0.1) is 11.6 Å². The summed E-state index contributed by atoms with van der Waals surface area (Å²) in [5, 5.41) is 7.32. The number of hydrogen-bond donors (Lipinski definition) is 0. The van der Waals surface area contributed by atoms with Gasteiger partial charge in [-0.1, -0.05) is 18.2 Å². The number of aryl methyl sites for hydroxylation is 1. The molecule has 0 aliphatic heterocycles. The van der Waals surface area contributed by atoms with Crippen molar-refractivity contribution >= 4 is 0 Å². The fourth-order valence-electron chi connectivity index (χ4n) is 0.891. The summed E-state index contributed by atoms with van der Waals surface area (Å²) in [7, 11) is 0. The Morgan fingerprint density at radius 2 is 1.64 bits per heavy atom. The van der Waals surface area contributed by atoms with Crippen LogP contribution in [0.5, 0.6) is 0 Å². The molecule has 4 heteroatoms. The topological polar surface area (TPSA) is 23.8 Å². The van der Waals surface area contributed by atoms with E-state index >= 15 is 0 Å². The summed E-state index contributed by atoms with van der Waals surface area (Å²) in [5.74, 6) is 0. The van der Waals surface area contributed by atoms with Gasteiger partial charge in [-0.05, 0) is 18.6 Å². The molecule has 0 aromatic heterocycles. The van der Waals surface area contributed by atoms with Gasteiger partial charge < -0.3 is 0 Å². The molecule has 0 aliphatic carbocycles. The smallest absolute Gasteiger partial charge is 0.199 e.